The third-order valence-electron chi connectivity index (χ3n) is 2.60. The summed E-state index contributed by atoms with van der Waals surface area (Å²) in [4.78, 5) is 17.5. The number of likely N-dealkylation sites (tertiary alicyclic amines) is 1. The second kappa shape index (κ2) is 4.75. The van der Waals surface area contributed by atoms with Crippen LogP contribution in [0.15, 0.2) is 22.8 Å². The van der Waals surface area contributed by atoms with E-state index in [4.69, 9.17) is 0 Å². The number of amides is 1. The number of nitrogens with zero attached hydrogens (tertiary/aromatic N) is 2. The predicted molar refractivity (Wildman–Crippen MR) is 61.5 cm³/mol. The van der Waals surface area contributed by atoms with Gasteiger partial charge in [0.25, 0.3) is 0 Å². The molecule has 0 aliphatic carbocycles. The lowest BCUT2D eigenvalue weighted by atomic mass is 10.2. The third-order valence-corrected chi connectivity index (χ3v) is 3.07. The first-order valence-electron chi connectivity index (χ1n) is 5.14. The molecule has 2 rings (SSSR count). The lowest BCUT2D eigenvalue weighted by Crippen LogP contribution is -2.27. The minimum atomic E-state index is 0.284. The minimum absolute atomic E-state index is 0.284. The van der Waals surface area contributed by atoms with Gasteiger partial charge in [-0.1, -0.05) is 0 Å². The van der Waals surface area contributed by atoms with Crippen molar-refractivity contribution >= 4 is 21.8 Å². The Balaban J connectivity index is 1.87. The van der Waals surface area contributed by atoms with E-state index in [9.17, 15) is 4.79 Å². The van der Waals surface area contributed by atoms with E-state index in [0.717, 1.165) is 36.1 Å². The predicted octanol–water partition coefficient (Wildman–Crippen LogP) is 2.01. The molecule has 0 saturated carbocycles. The van der Waals surface area contributed by atoms with Crippen LogP contribution in [0.1, 0.15) is 18.5 Å². The standard InChI is InChI=1S/C11H13BrN2O/c12-9-3-4-10(13-8-9)5-7-14-6-1-2-11(14)15/h3-4,8H,1-2,5-7H2. The van der Waals surface area contributed by atoms with Gasteiger partial charge in [-0.2, -0.15) is 0 Å². The summed E-state index contributed by atoms with van der Waals surface area (Å²) in [6.07, 6.45) is 4.36. The molecule has 2 heterocycles. The third kappa shape index (κ3) is 2.78. The van der Waals surface area contributed by atoms with Crippen LogP contribution < -0.4 is 0 Å². The first-order valence-corrected chi connectivity index (χ1v) is 5.93. The summed E-state index contributed by atoms with van der Waals surface area (Å²) >= 11 is 3.35. The van der Waals surface area contributed by atoms with E-state index in [2.05, 4.69) is 20.9 Å². The highest BCUT2D eigenvalue weighted by molar-refractivity contribution is 9.10. The zero-order valence-electron chi connectivity index (χ0n) is 8.45. The van der Waals surface area contributed by atoms with Crippen molar-refractivity contribution in [2.24, 2.45) is 0 Å². The first kappa shape index (κ1) is 10.6. The molecule has 3 nitrogen and oxygen atoms in total. The number of aromatic nitrogens is 1. The number of rotatable bonds is 3. The Kier molecular flexibility index (Phi) is 3.36. The Labute approximate surface area is 97.6 Å². The van der Waals surface area contributed by atoms with Crippen LogP contribution in [0.25, 0.3) is 0 Å². The van der Waals surface area contributed by atoms with Gasteiger partial charge < -0.3 is 4.90 Å². The van der Waals surface area contributed by atoms with Gasteiger partial charge in [-0.05, 0) is 34.5 Å². The van der Waals surface area contributed by atoms with E-state index < -0.39 is 0 Å². The highest BCUT2D eigenvalue weighted by Crippen LogP contribution is 2.11. The monoisotopic (exact) mass is 268 g/mol. The Bertz CT molecular complexity index is 350. The molecule has 1 aliphatic rings. The van der Waals surface area contributed by atoms with Crippen molar-refractivity contribution in [3.05, 3.63) is 28.5 Å². The molecule has 0 atom stereocenters. The van der Waals surface area contributed by atoms with E-state index in [1.165, 1.54) is 0 Å². The highest BCUT2D eigenvalue weighted by atomic mass is 79.9. The van der Waals surface area contributed by atoms with Crippen molar-refractivity contribution in [3.63, 3.8) is 0 Å². The lowest BCUT2D eigenvalue weighted by molar-refractivity contribution is -0.127. The maximum Gasteiger partial charge on any atom is 0.222 e. The van der Waals surface area contributed by atoms with Gasteiger partial charge >= 0.3 is 0 Å². The number of pyridine rings is 1. The number of carbonyl (C=O) groups excluding carboxylic acids is 1. The van der Waals surface area contributed by atoms with E-state index in [-0.39, 0.29) is 5.91 Å². The van der Waals surface area contributed by atoms with Crippen LogP contribution >= 0.6 is 15.9 Å². The molecule has 0 unspecified atom stereocenters. The summed E-state index contributed by atoms with van der Waals surface area (Å²) < 4.78 is 0.989. The Hall–Kier alpha value is -0.900. The maximum atomic E-state index is 11.3. The van der Waals surface area contributed by atoms with Crippen LogP contribution in [-0.2, 0) is 11.2 Å². The molecule has 1 aromatic rings. The number of hydrogen-bond acceptors (Lipinski definition) is 2. The molecule has 15 heavy (non-hydrogen) atoms. The number of halogens is 1. The topological polar surface area (TPSA) is 33.2 Å². The molecule has 0 radical (unpaired) electrons. The van der Waals surface area contributed by atoms with Crippen molar-refractivity contribution in [2.75, 3.05) is 13.1 Å². The van der Waals surface area contributed by atoms with Crippen molar-refractivity contribution < 1.29 is 4.79 Å². The Morgan fingerprint density at radius 1 is 1.47 bits per heavy atom. The molecule has 1 saturated heterocycles. The van der Waals surface area contributed by atoms with Crippen molar-refractivity contribution in [1.82, 2.24) is 9.88 Å². The van der Waals surface area contributed by atoms with Gasteiger partial charge in [0.1, 0.15) is 0 Å². The van der Waals surface area contributed by atoms with Crippen LogP contribution in [0.3, 0.4) is 0 Å². The summed E-state index contributed by atoms with van der Waals surface area (Å²) in [5.74, 6) is 0.284. The van der Waals surface area contributed by atoms with Crippen molar-refractivity contribution in [1.29, 1.82) is 0 Å². The minimum Gasteiger partial charge on any atom is -0.342 e. The fourth-order valence-electron chi connectivity index (χ4n) is 1.74. The molecular weight excluding hydrogens is 256 g/mol. The number of hydrogen-bond donors (Lipinski definition) is 0. The molecule has 0 aromatic carbocycles. The van der Waals surface area contributed by atoms with Gasteiger partial charge in [0.15, 0.2) is 0 Å². The van der Waals surface area contributed by atoms with Gasteiger partial charge in [0.05, 0.1) is 0 Å². The first-order chi connectivity index (χ1) is 7.25. The van der Waals surface area contributed by atoms with Gasteiger partial charge in [-0.15, -0.1) is 0 Å². The largest absolute Gasteiger partial charge is 0.342 e. The molecule has 1 fully saturated rings. The van der Waals surface area contributed by atoms with E-state index in [1.807, 2.05) is 17.0 Å². The zero-order valence-corrected chi connectivity index (χ0v) is 10.0. The van der Waals surface area contributed by atoms with Crippen molar-refractivity contribution in [2.45, 2.75) is 19.3 Å². The molecule has 1 aromatic heterocycles. The lowest BCUT2D eigenvalue weighted by Gasteiger charge is -2.14. The summed E-state index contributed by atoms with van der Waals surface area (Å²) in [6.45, 7) is 1.71. The average Bonchev–Trinajstić information content (AvgIpc) is 2.63. The molecule has 0 spiro atoms. The quantitative estimate of drug-likeness (QED) is 0.841. The normalized spacial score (nSPS) is 16.1. The molecular formula is C11H13BrN2O. The van der Waals surface area contributed by atoms with E-state index >= 15 is 0 Å². The van der Waals surface area contributed by atoms with Gasteiger partial charge in [-0.25, -0.2) is 0 Å². The molecule has 4 heteroatoms. The van der Waals surface area contributed by atoms with Crippen LogP contribution in [0.5, 0.6) is 0 Å². The SMILES string of the molecule is O=C1CCCN1CCc1ccc(Br)cn1. The summed E-state index contributed by atoms with van der Waals surface area (Å²) in [5.41, 5.74) is 1.04. The zero-order chi connectivity index (χ0) is 10.7. The smallest absolute Gasteiger partial charge is 0.222 e. The van der Waals surface area contributed by atoms with Crippen LogP contribution in [0, 0.1) is 0 Å². The van der Waals surface area contributed by atoms with Crippen LogP contribution in [-0.4, -0.2) is 28.9 Å². The summed E-state index contributed by atoms with van der Waals surface area (Å²) in [6, 6.07) is 3.97. The maximum absolute atomic E-state index is 11.3. The summed E-state index contributed by atoms with van der Waals surface area (Å²) in [7, 11) is 0. The fraction of sp³-hybridized carbons (Fsp3) is 0.455. The second-order valence-electron chi connectivity index (χ2n) is 3.70. The fourth-order valence-corrected chi connectivity index (χ4v) is 1.98. The summed E-state index contributed by atoms with van der Waals surface area (Å²) in [5, 5.41) is 0. The number of carbonyl (C=O) groups is 1. The van der Waals surface area contributed by atoms with Gasteiger partial charge in [0, 0.05) is 42.3 Å². The molecule has 0 bridgehead atoms. The van der Waals surface area contributed by atoms with Crippen molar-refractivity contribution in [3.8, 4) is 0 Å². The molecule has 1 amide bonds. The van der Waals surface area contributed by atoms with E-state index in [0.29, 0.717) is 6.42 Å². The van der Waals surface area contributed by atoms with Gasteiger partial charge in [0.2, 0.25) is 5.91 Å². The van der Waals surface area contributed by atoms with Crippen LogP contribution in [0.4, 0.5) is 0 Å². The van der Waals surface area contributed by atoms with Gasteiger partial charge in [-0.3, -0.25) is 9.78 Å². The highest BCUT2D eigenvalue weighted by Gasteiger charge is 2.19. The van der Waals surface area contributed by atoms with Crippen LogP contribution in [0.2, 0.25) is 0 Å². The Morgan fingerprint density at radius 3 is 2.93 bits per heavy atom. The second-order valence-corrected chi connectivity index (χ2v) is 4.62. The molecule has 0 N–H and O–H groups in total. The Morgan fingerprint density at radius 2 is 2.33 bits per heavy atom. The van der Waals surface area contributed by atoms with E-state index in [1.54, 1.807) is 6.20 Å². The average molecular weight is 269 g/mol. The molecule has 80 valence electrons. The molecule has 1 aliphatic heterocycles.